The maximum Gasteiger partial charge on any atom is 0.136 e. The molecule has 0 aromatic carbocycles. The van der Waals surface area contributed by atoms with Crippen LogP contribution in [-0.2, 0) is 0 Å². The molecule has 0 spiro atoms. The van der Waals surface area contributed by atoms with Gasteiger partial charge >= 0.3 is 0 Å². The van der Waals surface area contributed by atoms with Crippen molar-refractivity contribution >= 4 is 23.5 Å². The summed E-state index contributed by atoms with van der Waals surface area (Å²) in [5, 5.41) is 3.37. The number of nitrogens with one attached hydrogen (secondary N) is 1. The van der Waals surface area contributed by atoms with Crippen molar-refractivity contribution in [3.8, 4) is 0 Å². The van der Waals surface area contributed by atoms with Crippen LogP contribution in [0.25, 0.3) is 6.20 Å². The topological polar surface area (TPSA) is 61.6 Å². The van der Waals surface area contributed by atoms with Crippen molar-refractivity contribution in [1.29, 1.82) is 0 Å². The Morgan fingerprint density at radius 1 is 1.23 bits per heavy atom. The van der Waals surface area contributed by atoms with Gasteiger partial charge in [0.2, 0.25) is 0 Å². The van der Waals surface area contributed by atoms with Gasteiger partial charge in [0, 0.05) is 63.4 Å². The second-order valence-corrected chi connectivity index (χ2v) is 6.29. The summed E-state index contributed by atoms with van der Waals surface area (Å²) in [6, 6.07) is 5.97. The van der Waals surface area contributed by atoms with Crippen molar-refractivity contribution in [2.75, 3.05) is 50.0 Å². The van der Waals surface area contributed by atoms with Gasteiger partial charge in [-0.05, 0) is 19.5 Å². The van der Waals surface area contributed by atoms with Gasteiger partial charge in [0.1, 0.15) is 22.9 Å². The molecule has 0 radical (unpaired) electrons. The Labute approximate surface area is 154 Å². The van der Waals surface area contributed by atoms with Crippen molar-refractivity contribution < 1.29 is 0 Å². The summed E-state index contributed by atoms with van der Waals surface area (Å²) in [6.45, 7) is 13.2. The Morgan fingerprint density at radius 3 is 2.65 bits per heavy atom. The van der Waals surface area contributed by atoms with Crippen molar-refractivity contribution in [2.24, 2.45) is 4.99 Å². The Bertz CT molecular complexity index is 832. The molecule has 0 amide bonds. The van der Waals surface area contributed by atoms with Gasteiger partial charge in [-0.25, -0.2) is 9.97 Å². The van der Waals surface area contributed by atoms with Crippen LogP contribution >= 0.6 is 0 Å². The van der Waals surface area contributed by atoms with Crippen LogP contribution in [0.2, 0.25) is 0 Å². The molecule has 0 unspecified atom stereocenters. The molecule has 3 heterocycles. The van der Waals surface area contributed by atoms with Crippen molar-refractivity contribution in [3.63, 3.8) is 0 Å². The third-order valence-electron chi connectivity index (χ3n) is 4.63. The van der Waals surface area contributed by atoms with E-state index in [2.05, 4.69) is 43.6 Å². The Hall–Kier alpha value is -2.67. The van der Waals surface area contributed by atoms with E-state index in [1.807, 2.05) is 35.9 Å². The number of hydrogen-bond donors (Lipinski definition) is 1. The number of nitrogens with zero attached hydrogens (tertiary/aromatic N) is 6. The van der Waals surface area contributed by atoms with Gasteiger partial charge in [0.25, 0.3) is 0 Å². The summed E-state index contributed by atoms with van der Waals surface area (Å²) in [6.07, 6.45) is 3.66. The van der Waals surface area contributed by atoms with E-state index in [0.29, 0.717) is 0 Å². The molecule has 0 atom stereocenters. The van der Waals surface area contributed by atoms with Crippen LogP contribution in [0.15, 0.2) is 36.0 Å². The largest absolute Gasteiger partial charge is 0.354 e. The van der Waals surface area contributed by atoms with E-state index < -0.39 is 0 Å². The summed E-state index contributed by atoms with van der Waals surface area (Å²) in [5.74, 6) is 2.54. The molecule has 2 aromatic heterocycles. The number of rotatable bonds is 5. The van der Waals surface area contributed by atoms with E-state index in [1.54, 1.807) is 13.2 Å². The van der Waals surface area contributed by atoms with Crippen LogP contribution in [0.1, 0.15) is 12.7 Å². The lowest BCUT2D eigenvalue weighted by atomic mass is 10.3. The molecule has 0 aliphatic carbocycles. The molecule has 1 N–H and O–H groups in total. The molecule has 26 heavy (non-hydrogen) atoms. The van der Waals surface area contributed by atoms with E-state index in [1.165, 1.54) is 0 Å². The zero-order chi connectivity index (χ0) is 18.5. The first-order valence-corrected chi connectivity index (χ1v) is 9.00. The van der Waals surface area contributed by atoms with Gasteiger partial charge in [0.15, 0.2) is 0 Å². The normalized spacial score (nSPS) is 16.0. The smallest absolute Gasteiger partial charge is 0.136 e. The number of likely N-dealkylation sites (N-methyl/N-ethyl adjacent to an activating group) is 1. The average Bonchev–Trinajstić information content (AvgIpc) is 2.67. The summed E-state index contributed by atoms with van der Waals surface area (Å²) in [4.78, 5) is 18.2. The number of aromatic nitrogens is 3. The van der Waals surface area contributed by atoms with Crippen LogP contribution < -0.4 is 15.7 Å². The van der Waals surface area contributed by atoms with Crippen LogP contribution in [0, 0.1) is 6.92 Å². The second kappa shape index (κ2) is 8.14. The van der Waals surface area contributed by atoms with Crippen molar-refractivity contribution in [2.45, 2.75) is 13.8 Å². The summed E-state index contributed by atoms with van der Waals surface area (Å²) >= 11 is 0. The van der Waals surface area contributed by atoms with E-state index in [4.69, 9.17) is 0 Å². The SMILES string of the molecule is C=Cn1ccc(Nc2cc(N3CCN(CC)CC3)nc(C)n2)cc1=NC. The molecule has 138 valence electrons. The molecular formula is C19H27N7. The minimum Gasteiger partial charge on any atom is -0.354 e. The van der Waals surface area contributed by atoms with Gasteiger partial charge in [-0.3, -0.25) is 4.99 Å². The number of piperazine rings is 1. The number of aryl methyl sites for hydroxylation is 1. The third-order valence-corrected chi connectivity index (χ3v) is 4.63. The maximum absolute atomic E-state index is 4.63. The molecule has 3 rings (SSSR count). The Kier molecular flexibility index (Phi) is 5.68. The van der Waals surface area contributed by atoms with Gasteiger partial charge in [-0.1, -0.05) is 13.5 Å². The lowest BCUT2D eigenvalue weighted by Crippen LogP contribution is -2.46. The van der Waals surface area contributed by atoms with E-state index in [-0.39, 0.29) is 0 Å². The van der Waals surface area contributed by atoms with Crippen LogP contribution in [0.4, 0.5) is 17.3 Å². The van der Waals surface area contributed by atoms with Crippen LogP contribution in [0.5, 0.6) is 0 Å². The number of hydrogen-bond acceptors (Lipinski definition) is 6. The lowest BCUT2D eigenvalue weighted by Gasteiger charge is -2.34. The van der Waals surface area contributed by atoms with Crippen LogP contribution in [0.3, 0.4) is 0 Å². The highest BCUT2D eigenvalue weighted by Crippen LogP contribution is 2.20. The van der Waals surface area contributed by atoms with Gasteiger partial charge in [-0.2, -0.15) is 0 Å². The average molecular weight is 353 g/mol. The van der Waals surface area contributed by atoms with Gasteiger partial charge < -0.3 is 19.7 Å². The lowest BCUT2D eigenvalue weighted by molar-refractivity contribution is 0.270. The summed E-state index contributed by atoms with van der Waals surface area (Å²) in [7, 11) is 1.77. The van der Waals surface area contributed by atoms with E-state index in [9.17, 15) is 0 Å². The van der Waals surface area contributed by atoms with Gasteiger partial charge in [-0.15, -0.1) is 0 Å². The van der Waals surface area contributed by atoms with Crippen molar-refractivity contribution in [1.82, 2.24) is 19.4 Å². The molecule has 1 fully saturated rings. The zero-order valence-corrected chi connectivity index (χ0v) is 15.8. The van der Waals surface area contributed by atoms with E-state index >= 15 is 0 Å². The van der Waals surface area contributed by atoms with Crippen molar-refractivity contribution in [3.05, 3.63) is 42.3 Å². The molecule has 2 aromatic rings. The highest BCUT2D eigenvalue weighted by atomic mass is 15.3. The monoisotopic (exact) mass is 353 g/mol. The minimum atomic E-state index is 0.764. The van der Waals surface area contributed by atoms with E-state index in [0.717, 1.165) is 61.4 Å². The Balaban J connectivity index is 1.81. The molecule has 0 saturated carbocycles. The predicted molar refractivity (Wildman–Crippen MR) is 107 cm³/mol. The Morgan fingerprint density at radius 2 is 2.00 bits per heavy atom. The zero-order valence-electron chi connectivity index (χ0n) is 15.8. The number of anilines is 3. The van der Waals surface area contributed by atoms with Crippen LogP contribution in [-0.4, -0.2) is 59.2 Å². The quantitative estimate of drug-likeness (QED) is 0.892. The number of pyridine rings is 1. The standard InChI is InChI=1S/C19H27N7/c1-5-24-9-11-26(12-10-24)19-14-17(21-15(3)22-19)23-16-7-8-25(6-2)18(13-16)20-4/h6-8,13-14H,2,5,9-12H2,1,3-4H3,(H,21,22,23). The first kappa shape index (κ1) is 18.1. The fraction of sp³-hybridized carbons (Fsp3) is 0.421. The minimum absolute atomic E-state index is 0.764. The molecule has 1 aliphatic heterocycles. The molecule has 7 heteroatoms. The molecule has 1 saturated heterocycles. The fourth-order valence-corrected chi connectivity index (χ4v) is 3.13. The summed E-state index contributed by atoms with van der Waals surface area (Å²) < 4.78 is 1.87. The second-order valence-electron chi connectivity index (χ2n) is 6.29. The maximum atomic E-state index is 4.63. The highest BCUT2D eigenvalue weighted by Gasteiger charge is 2.17. The molecule has 1 aliphatic rings. The first-order chi connectivity index (χ1) is 12.6. The predicted octanol–water partition coefficient (Wildman–Crippen LogP) is 2.10. The highest BCUT2D eigenvalue weighted by molar-refractivity contribution is 5.59. The first-order valence-electron chi connectivity index (χ1n) is 9.00. The molecular weight excluding hydrogens is 326 g/mol. The fourth-order valence-electron chi connectivity index (χ4n) is 3.13. The van der Waals surface area contributed by atoms with Gasteiger partial charge in [0.05, 0.1) is 0 Å². The molecule has 0 bridgehead atoms. The summed E-state index contributed by atoms with van der Waals surface area (Å²) in [5.41, 5.74) is 1.76. The molecule has 7 nitrogen and oxygen atoms in total. The third kappa shape index (κ3) is 4.11.